The lowest BCUT2D eigenvalue weighted by Gasteiger charge is -2.32. The van der Waals surface area contributed by atoms with E-state index in [0.717, 1.165) is 25.7 Å². The van der Waals surface area contributed by atoms with Crippen LogP contribution in [0.4, 0.5) is 0 Å². The summed E-state index contributed by atoms with van der Waals surface area (Å²) in [5, 5.41) is 8.54. The van der Waals surface area contributed by atoms with Gasteiger partial charge in [-0.15, -0.1) is 0 Å². The number of hydrogen-bond donors (Lipinski definition) is 1. The molecule has 27 heavy (non-hydrogen) atoms. The van der Waals surface area contributed by atoms with Gasteiger partial charge in [-0.25, -0.2) is 8.42 Å². The van der Waals surface area contributed by atoms with Crippen LogP contribution in [0.15, 0.2) is 29.2 Å². The molecule has 148 valence electrons. The second-order valence-electron chi connectivity index (χ2n) is 7.67. The second-order valence-corrected chi connectivity index (χ2v) is 9.90. The summed E-state index contributed by atoms with van der Waals surface area (Å²) in [4.78, 5) is 25.6. The van der Waals surface area contributed by atoms with E-state index in [2.05, 4.69) is 0 Å². The van der Waals surface area contributed by atoms with Crippen LogP contribution in [0.5, 0.6) is 0 Å². The van der Waals surface area contributed by atoms with Gasteiger partial charge in [-0.05, 0) is 62.3 Å². The molecule has 7 heteroatoms. The highest BCUT2D eigenvalue weighted by Gasteiger charge is 2.30. The molecule has 2 aliphatic rings. The summed E-state index contributed by atoms with van der Waals surface area (Å²) in [5.74, 6) is -0.710. The number of hydrogen-bond acceptors (Lipinski definition) is 4. The number of nitrogens with zero attached hydrogens (tertiary/aromatic N) is 1. The summed E-state index contributed by atoms with van der Waals surface area (Å²) in [6.07, 6.45) is 5.86. The Morgan fingerprint density at radius 3 is 2.33 bits per heavy atom. The Morgan fingerprint density at radius 1 is 1.04 bits per heavy atom. The number of benzene rings is 1. The Morgan fingerprint density at radius 2 is 1.70 bits per heavy atom. The zero-order chi connectivity index (χ0) is 19.4. The van der Waals surface area contributed by atoms with Crippen LogP contribution in [-0.4, -0.2) is 48.6 Å². The molecule has 0 radical (unpaired) electrons. The molecule has 1 unspecified atom stereocenters. The maximum Gasteiger partial charge on any atom is 0.303 e. The number of sulfone groups is 1. The van der Waals surface area contributed by atoms with Crippen molar-refractivity contribution in [2.24, 2.45) is 5.92 Å². The van der Waals surface area contributed by atoms with Crippen LogP contribution in [0, 0.1) is 5.92 Å². The Hall–Kier alpha value is -1.89. The van der Waals surface area contributed by atoms with Crippen LogP contribution < -0.4 is 0 Å². The molecular weight excluding hydrogens is 366 g/mol. The molecule has 1 aliphatic heterocycles. The largest absolute Gasteiger partial charge is 0.481 e. The first-order valence-corrected chi connectivity index (χ1v) is 11.3. The number of amides is 1. The molecule has 1 aromatic carbocycles. The van der Waals surface area contributed by atoms with E-state index in [1.54, 1.807) is 29.2 Å². The number of likely N-dealkylation sites (tertiary alicyclic amines) is 1. The first-order valence-electron chi connectivity index (χ1n) is 9.73. The maximum absolute atomic E-state index is 12.8. The lowest BCUT2D eigenvalue weighted by molar-refractivity contribution is -0.137. The van der Waals surface area contributed by atoms with Crippen molar-refractivity contribution >= 4 is 21.7 Å². The molecular formula is C20H27NO5S. The minimum atomic E-state index is -3.31. The topological polar surface area (TPSA) is 91.8 Å². The highest BCUT2D eigenvalue weighted by Crippen LogP contribution is 2.30. The third-order valence-electron chi connectivity index (χ3n) is 5.74. The highest BCUT2D eigenvalue weighted by molar-refractivity contribution is 7.92. The van der Waals surface area contributed by atoms with E-state index in [-0.39, 0.29) is 23.5 Å². The van der Waals surface area contributed by atoms with Crippen molar-refractivity contribution in [1.29, 1.82) is 0 Å². The normalized spacial score (nSPS) is 21.3. The summed E-state index contributed by atoms with van der Waals surface area (Å²) in [5.41, 5.74) is 0.485. The standard InChI is InChI=1S/C20H27NO5S/c22-19(23)12-7-15-4-3-13-21(14-15)20(24)16-8-10-18(11-9-16)27(25,26)17-5-1-2-6-17/h8-11,15,17H,1-7,12-14H2,(H,22,23). The van der Waals surface area contributed by atoms with Crippen LogP contribution >= 0.6 is 0 Å². The third-order valence-corrected chi connectivity index (χ3v) is 8.02. The number of carboxylic acid groups (broad SMARTS) is 1. The minimum Gasteiger partial charge on any atom is -0.481 e. The quantitative estimate of drug-likeness (QED) is 0.802. The molecule has 1 saturated carbocycles. The Labute approximate surface area is 160 Å². The van der Waals surface area contributed by atoms with Crippen molar-refractivity contribution in [3.8, 4) is 0 Å². The minimum absolute atomic E-state index is 0.111. The molecule has 2 fully saturated rings. The average Bonchev–Trinajstić information content (AvgIpc) is 3.22. The first-order chi connectivity index (χ1) is 12.9. The SMILES string of the molecule is O=C(O)CCC1CCCN(C(=O)c2ccc(S(=O)(=O)C3CCCC3)cc2)C1. The molecule has 1 aromatic rings. The smallest absolute Gasteiger partial charge is 0.303 e. The molecule has 1 atom stereocenters. The fraction of sp³-hybridized carbons (Fsp3) is 0.600. The van der Waals surface area contributed by atoms with Gasteiger partial charge in [-0.1, -0.05) is 12.8 Å². The number of piperidine rings is 1. The van der Waals surface area contributed by atoms with E-state index in [1.807, 2.05) is 0 Å². The molecule has 1 aliphatic carbocycles. The zero-order valence-corrected chi connectivity index (χ0v) is 16.3. The van der Waals surface area contributed by atoms with Gasteiger partial charge in [0.1, 0.15) is 0 Å². The molecule has 6 nitrogen and oxygen atoms in total. The third kappa shape index (κ3) is 4.69. The van der Waals surface area contributed by atoms with E-state index in [0.29, 0.717) is 42.8 Å². The predicted octanol–water partition coefficient (Wildman–Crippen LogP) is 3.12. The summed E-state index contributed by atoms with van der Waals surface area (Å²) < 4.78 is 25.3. The van der Waals surface area contributed by atoms with E-state index < -0.39 is 15.8 Å². The van der Waals surface area contributed by atoms with E-state index >= 15 is 0 Å². The summed E-state index contributed by atoms with van der Waals surface area (Å²) in [7, 11) is -3.31. The Kier molecular flexibility index (Phi) is 6.19. The van der Waals surface area contributed by atoms with Gasteiger partial charge >= 0.3 is 5.97 Å². The van der Waals surface area contributed by atoms with Crippen LogP contribution in [-0.2, 0) is 14.6 Å². The summed E-state index contributed by atoms with van der Waals surface area (Å²) in [6, 6.07) is 6.30. The molecule has 1 N–H and O–H groups in total. The molecule has 0 aromatic heterocycles. The number of carboxylic acids is 1. The highest BCUT2D eigenvalue weighted by atomic mass is 32.2. The van der Waals surface area contributed by atoms with Crippen LogP contribution in [0.2, 0.25) is 0 Å². The van der Waals surface area contributed by atoms with Gasteiger partial charge < -0.3 is 10.0 Å². The molecule has 0 bridgehead atoms. The van der Waals surface area contributed by atoms with E-state index in [4.69, 9.17) is 5.11 Å². The average molecular weight is 394 g/mol. The van der Waals surface area contributed by atoms with E-state index in [1.165, 1.54) is 0 Å². The van der Waals surface area contributed by atoms with Gasteiger partial charge in [0.05, 0.1) is 10.1 Å². The maximum atomic E-state index is 12.8. The van der Waals surface area contributed by atoms with Crippen LogP contribution in [0.1, 0.15) is 61.7 Å². The van der Waals surface area contributed by atoms with Gasteiger partial charge in [0.15, 0.2) is 9.84 Å². The van der Waals surface area contributed by atoms with Gasteiger partial charge in [-0.3, -0.25) is 9.59 Å². The van der Waals surface area contributed by atoms with Crippen LogP contribution in [0.3, 0.4) is 0 Å². The van der Waals surface area contributed by atoms with E-state index in [9.17, 15) is 18.0 Å². The second kappa shape index (κ2) is 8.42. The Bertz CT molecular complexity index is 781. The monoisotopic (exact) mass is 393 g/mol. The molecule has 3 rings (SSSR count). The molecule has 1 saturated heterocycles. The molecule has 1 heterocycles. The Balaban J connectivity index is 1.65. The van der Waals surface area contributed by atoms with Crippen molar-refractivity contribution < 1.29 is 23.1 Å². The van der Waals surface area contributed by atoms with Gasteiger partial charge in [0, 0.05) is 25.1 Å². The zero-order valence-electron chi connectivity index (χ0n) is 15.5. The molecule has 0 spiro atoms. The van der Waals surface area contributed by atoms with Gasteiger partial charge in [0.25, 0.3) is 5.91 Å². The van der Waals surface area contributed by atoms with Crippen molar-refractivity contribution in [3.63, 3.8) is 0 Å². The van der Waals surface area contributed by atoms with Gasteiger partial charge in [0.2, 0.25) is 0 Å². The van der Waals surface area contributed by atoms with Crippen molar-refractivity contribution in [2.75, 3.05) is 13.1 Å². The first kappa shape index (κ1) is 19.9. The fourth-order valence-electron chi connectivity index (χ4n) is 4.17. The number of aliphatic carboxylic acids is 1. The number of carbonyl (C=O) groups excluding carboxylic acids is 1. The van der Waals surface area contributed by atoms with Crippen molar-refractivity contribution in [2.45, 2.75) is 61.5 Å². The van der Waals surface area contributed by atoms with Crippen molar-refractivity contribution in [3.05, 3.63) is 29.8 Å². The number of rotatable bonds is 6. The summed E-state index contributed by atoms with van der Waals surface area (Å²) in [6.45, 7) is 1.22. The fourth-order valence-corrected chi connectivity index (χ4v) is 6.03. The van der Waals surface area contributed by atoms with Crippen molar-refractivity contribution in [1.82, 2.24) is 4.90 Å². The lowest BCUT2D eigenvalue weighted by atomic mass is 9.93. The van der Waals surface area contributed by atoms with Crippen LogP contribution in [0.25, 0.3) is 0 Å². The van der Waals surface area contributed by atoms with Gasteiger partial charge in [-0.2, -0.15) is 0 Å². The summed E-state index contributed by atoms with van der Waals surface area (Å²) >= 11 is 0. The predicted molar refractivity (Wildman–Crippen MR) is 101 cm³/mol. The molecule has 1 amide bonds. The lowest BCUT2D eigenvalue weighted by Crippen LogP contribution is -2.40. The number of carbonyl (C=O) groups is 2.